The molecule has 0 unspecified atom stereocenters. The van der Waals surface area contributed by atoms with Gasteiger partial charge in [0.25, 0.3) is 5.89 Å². The number of aromatic nitrogens is 2. The highest BCUT2D eigenvalue weighted by molar-refractivity contribution is 5.49. The number of furan rings is 1. The molecule has 5 nitrogen and oxygen atoms in total. The minimum Gasteiger partial charge on any atom is -0.459 e. The van der Waals surface area contributed by atoms with Crippen LogP contribution in [-0.4, -0.2) is 23.2 Å². The summed E-state index contributed by atoms with van der Waals surface area (Å²) >= 11 is 0. The number of piperidine rings is 1. The number of hydrogen-bond donors (Lipinski definition) is 1. The van der Waals surface area contributed by atoms with Crippen LogP contribution in [0.2, 0.25) is 0 Å². The van der Waals surface area contributed by atoms with Gasteiger partial charge in [0.05, 0.1) is 6.26 Å². The molecule has 1 fully saturated rings. The Kier molecular flexibility index (Phi) is 2.68. The fourth-order valence-electron chi connectivity index (χ4n) is 2.16. The lowest BCUT2D eigenvalue weighted by atomic mass is 9.98. The van der Waals surface area contributed by atoms with E-state index in [1.54, 1.807) is 6.26 Å². The molecule has 90 valence electrons. The van der Waals surface area contributed by atoms with E-state index in [0.717, 1.165) is 37.3 Å². The Bertz CT molecular complexity index is 497. The lowest BCUT2D eigenvalue weighted by molar-refractivity contribution is 0.385. The van der Waals surface area contributed by atoms with Gasteiger partial charge in [-0.3, -0.25) is 0 Å². The predicted molar refractivity (Wildman–Crippen MR) is 61.6 cm³/mol. The third kappa shape index (κ3) is 1.98. The molecule has 17 heavy (non-hydrogen) atoms. The monoisotopic (exact) mass is 233 g/mol. The summed E-state index contributed by atoms with van der Waals surface area (Å²) in [6.45, 7) is 4.01. The van der Waals surface area contributed by atoms with Crippen molar-refractivity contribution < 1.29 is 8.94 Å². The van der Waals surface area contributed by atoms with Gasteiger partial charge >= 0.3 is 0 Å². The number of aryl methyl sites for hydroxylation is 1. The molecule has 2 aromatic heterocycles. The summed E-state index contributed by atoms with van der Waals surface area (Å²) in [6, 6.07) is 1.89. The second kappa shape index (κ2) is 4.33. The first kappa shape index (κ1) is 10.5. The van der Waals surface area contributed by atoms with Gasteiger partial charge in [-0.25, -0.2) is 0 Å². The third-order valence-electron chi connectivity index (χ3n) is 3.20. The van der Waals surface area contributed by atoms with Crippen LogP contribution in [0.25, 0.3) is 11.7 Å². The summed E-state index contributed by atoms with van der Waals surface area (Å²) in [5, 5.41) is 7.39. The first-order valence-electron chi connectivity index (χ1n) is 5.93. The molecule has 0 radical (unpaired) electrons. The van der Waals surface area contributed by atoms with E-state index in [-0.39, 0.29) is 0 Å². The molecule has 1 N–H and O–H groups in total. The van der Waals surface area contributed by atoms with Gasteiger partial charge in [0.1, 0.15) is 0 Å². The molecule has 0 saturated carbocycles. The van der Waals surface area contributed by atoms with Crippen LogP contribution in [0, 0.1) is 6.92 Å². The van der Waals surface area contributed by atoms with Crippen molar-refractivity contribution in [3.8, 4) is 11.7 Å². The fraction of sp³-hybridized carbons (Fsp3) is 0.500. The molecule has 1 aliphatic heterocycles. The Labute approximate surface area is 99.2 Å². The summed E-state index contributed by atoms with van der Waals surface area (Å²) in [4.78, 5) is 4.44. The summed E-state index contributed by atoms with van der Waals surface area (Å²) in [5.74, 6) is 2.38. The van der Waals surface area contributed by atoms with Crippen molar-refractivity contribution >= 4 is 0 Å². The standard InChI is InChI=1S/C12H15N3O2/c1-8-4-7-16-10(8)12-14-11(15-17-12)9-2-5-13-6-3-9/h4,7,9,13H,2-3,5-6H2,1H3. The molecule has 2 aromatic rings. The average molecular weight is 233 g/mol. The van der Waals surface area contributed by atoms with Crippen LogP contribution in [0.5, 0.6) is 0 Å². The van der Waals surface area contributed by atoms with Crippen LogP contribution >= 0.6 is 0 Å². The van der Waals surface area contributed by atoms with Gasteiger partial charge in [-0.05, 0) is 38.9 Å². The third-order valence-corrected chi connectivity index (χ3v) is 3.20. The molecule has 3 heterocycles. The smallest absolute Gasteiger partial charge is 0.293 e. The van der Waals surface area contributed by atoms with E-state index < -0.39 is 0 Å². The summed E-state index contributed by atoms with van der Waals surface area (Å²) < 4.78 is 10.6. The molecule has 0 spiro atoms. The minimum atomic E-state index is 0.406. The second-order valence-electron chi connectivity index (χ2n) is 4.41. The summed E-state index contributed by atoms with van der Waals surface area (Å²) in [6.07, 6.45) is 3.77. The number of rotatable bonds is 2. The largest absolute Gasteiger partial charge is 0.459 e. The van der Waals surface area contributed by atoms with Crippen molar-refractivity contribution in [2.45, 2.75) is 25.7 Å². The molecule has 0 bridgehead atoms. The highest BCUT2D eigenvalue weighted by Gasteiger charge is 2.22. The van der Waals surface area contributed by atoms with Crippen molar-refractivity contribution in [3.05, 3.63) is 23.7 Å². The molecule has 1 aliphatic rings. The SMILES string of the molecule is Cc1ccoc1-c1nc(C2CCNCC2)no1. The first-order valence-corrected chi connectivity index (χ1v) is 5.93. The van der Waals surface area contributed by atoms with Crippen LogP contribution in [0.4, 0.5) is 0 Å². The van der Waals surface area contributed by atoms with E-state index in [4.69, 9.17) is 8.94 Å². The van der Waals surface area contributed by atoms with E-state index in [0.29, 0.717) is 17.6 Å². The molecule has 1 saturated heterocycles. The predicted octanol–water partition coefficient (Wildman–Crippen LogP) is 2.11. The molecule has 0 atom stereocenters. The van der Waals surface area contributed by atoms with Gasteiger partial charge in [-0.2, -0.15) is 4.98 Å². The minimum absolute atomic E-state index is 0.406. The van der Waals surface area contributed by atoms with Gasteiger partial charge < -0.3 is 14.3 Å². The zero-order chi connectivity index (χ0) is 11.7. The molecule has 5 heteroatoms. The van der Waals surface area contributed by atoms with Crippen LogP contribution in [0.15, 0.2) is 21.3 Å². The van der Waals surface area contributed by atoms with Crippen molar-refractivity contribution in [2.24, 2.45) is 0 Å². The maximum atomic E-state index is 5.34. The quantitative estimate of drug-likeness (QED) is 0.860. The lowest BCUT2D eigenvalue weighted by Gasteiger charge is -2.18. The Morgan fingerprint density at radius 2 is 2.18 bits per heavy atom. The molecular weight excluding hydrogens is 218 g/mol. The van der Waals surface area contributed by atoms with Gasteiger partial charge in [0.15, 0.2) is 11.6 Å². The van der Waals surface area contributed by atoms with Crippen molar-refractivity contribution in [1.82, 2.24) is 15.5 Å². The number of hydrogen-bond acceptors (Lipinski definition) is 5. The normalized spacial score (nSPS) is 17.5. The lowest BCUT2D eigenvalue weighted by Crippen LogP contribution is -2.27. The van der Waals surface area contributed by atoms with E-state index in [1.165, 1.54) is 0 Å². The fourth-order valence-corrected chi connectivity index (χ4v) is 2.16. The number of nitrogens with one attached hydrogen (secondary N) is 1. The van der Waals surface area contributed by atoms with Crippen LogP contribution < -0.4 is 5.32 Å². The highest BCUT2D eigenvalue weighted by atomic mass is 16.5. The molecular formula is C12H15N3O2. The van der Waals surface area contributed by atoms with Gasteiger partial charge in [0, 0.05) is 11.5 Å². The Morgan fingerprint density at radius 3 is 2.88 bits per heavy atom. The van der Waals surface area contributed by atoms with Crippen molar-refractivity contribution in [3.63, 3.8) is 0 Å². The van der Waals surface area contributed by atoms with Gasteiger partial charge in [0.2, 0.25) is 0 Å². The Morgan fingerprint density at radius 1 is 1.35 bits per heavy atom. The molecule has 0 aliphatic carbocycles. The van der Waals surface area contributed by atoms with E-state index in [9.17, 15) is 0 Å². The highest BCUT2D eigenvalue weighted by Crippen LogP contribution is 2.27. The summed E-state index contributed by atoms with van der Waals surface area (Å²) in [7, 11) is 0. The zero-order valence-corrected chi connectivity index (χ0v) is 9.77. The van der Waals surface area contributed by atoms with Crippen LogP contribution in [-0.2, 0) is 0 Å². The Balaban J connectivity index is 1.85. The van der Waals surface area contributed by atoms with Crippen molar-refractivity contribution in [2.75, 3.05) is 13.1 Å². The first-order chi connectivity index (χ1) is 8.34. The van der Waals surface area contributed by atoms with Crippen LogP contribution in [0.3, 0.4) is 0 Å². The maximum absolute atomic E-state index is 5.34. The molecule has 3 rings (SSSR count). The van der Waals surface area contributed by atoms with E-state index in [2.05, 4.69) is 15.5 Å². The van der Waals surface area contributed by atoms with E-state index >= 15 is 0 Å². The molecule has 0 amide bonds. The average Bonchev–Trinajstić information content (AvgIpc) is 2.98. The zero-order valence-electron chi connectivity index (χ0n) is 9.77. The van der Waals surface area contributed by atoms with Gasteiger partial charge in [-0.1, -0.05) is 5.16 Å². The van der Waals surface area contributed by atoms with Crippen molar-refractivity contribution in [1.29, 1.82) is 0 Å². The Hall–Kier alpha value is -1.62. The number of nitrogens with zero attached hydrogens (tertiary/aromatic N) is 2. The van der Waals surface area contributed by atoms with Crippen LogP contribution in [0.1, 0.15) is 30.1 Å². The summed E-state index contributed by atoms with van der Waals surface area (Å²) in [5.41, 5.74) is 1.02. The topological polar surface area (TPSA) is 64.1 Å². The van der Waals surface area contributed by atoms with Gasteiger partial charge in [-0.15, -0.1) is 0 Å². The molecule has 0 aromatic carbocycles. The van der Waals surface area contributed by atoms with E-state index in [1.807, 2.05) is 13.0 Å². The second-order valence-corrected chi connectivity index (χ2v) is 4.41. The maximum Gasteiger partial charge on any atom is 0.293 e.